The van der Waals surface area contributed by atoms with Crippen LogP contribution in [0.1, 0.15) is 53.2 Å². The number of ether oxygens (including phenoxy) is 1. The molecule has 2 aliphatic rings. The van der Waals surface area contributed by atoms with Crippen LogP contribution in [-0.2, 0) is 19.6 Å². The highest BCUT2D eigenvalue weighted by atomic mass is 32.2. The van der Waals surface area contributed by atoms with E-state index in [9.17, 15) is 18.0 Å². The number of carbonyl (C=O) groups is 2. The Morgan fingerprint density at radius 2 is 1.52 bits per heavy atom. The Bertz CT molecular complexity index is 1410. The highest BCUT2D eigenvalue weighted by Gasteiger charge is 2.35. The second kappa shape index (κ2) is 12.3. The molecule has 1 heterocycles. The van der Waals surface area contributed by atoms with E-state index in [0.29, 0.717) is 37.6 Å². The third kappa shape index (κ3) is 6.11. The number of morpholine rings is 1. The van der Waals surface area contributed by atoms with Crippen molar-refractivity contribution in [3.63, 3.8) is 0 Å². The van der Waals surface area contributed by atoms with E-state index in [-0.39, 0.29) is 22.4 Å². The Labute approximate surface area is 236 Å². The minimum atomic E-state index is -3.70. The Kier molecular flexibility index (Phi) is 8.63. The molecule has 210 valence electrons. The summed E-state index contributed by atoms with van der Waals surface area (Å²) < 4.78 is 32.9. The maximum absolute atomic E-state index is 14.2. The summed E-state index contributed by atoms with van der Waals surface area (Å²) in [5.41, 5.74) is 2.61. The third-order valence-corrected chi connectivity index (χ3v) is 9.48. The summed E-state index contributed by atoms with van der Waals surface area (Å²) in [6.07, 6.45) is 3.98. The molecule has 1 aliphatic heterocycles. The lowest BCUT2D eigenvalue weighted by Gasteiger charge is -2.32. The molecule has 1 saturated heterocycles. The van der Waals surface area contributed by atoms with Crippen LogP contribution >= 0.6 is 0 Å². The number of sulfonamides is 1. The molecule has 1 aliphatic carbocycles. The molecule has 8 nitrogen and oxygen atoms in total. The zero-order valence-electron chi connectivity index (χ0n) is 22.7. The molecule has 1 saturated carbocycles. The molecule has 9 heteroatoms. The number of amides is 2. The first-order valence-corrected chi connectivity index (χ1v) is 15.2. The van der Waals surface area contributed by atoms with Crippen molar-refractivity contribution >= 4 is 27.5 Å². The average molecular weight is 562 g/mol. The third-order valence-electron chi connectivity index (χ3n) is 7.56. The highest BCUT2D eigenvalue weighted by Crippen LogP contribution is 2.31. The predicted molar refractivity (Wildman–Crippen MR) is 154 cm³/mol. The molecule has 3 aromatic rings. The number of nitrogens with one attached hydrogen (secondary N) is 1. The summed E-state index contributed by atoms with van der Waals surface area (Å²) in [5.74, 6) is -0.631. The van der Waals surface area contributed by atoms with E-state index in [1.165, 1.54) is 33.5 Å². The Hall–Kier alpha value is -3.53. The van der Waals surface area contributed by atoms with Crippen molar-refractivity contribution < 1.29 is 22.7 Å². The van der Waals surface area contributed by atoms with Gasteiger partial charge in [0.05, 0.1) is 18.1 Å². The summed E-state index contributed by atoms with van der Waals surface area (Å²) in [5, 5.41) is 3.19. The molecule has 2 fully saturated rings. The van der Waals surface area contributed by atoms with Crippen LogP contribution < -0.4 is 10.2 Å². The number of carbonyl (C=O) groups excluding carboxylic acids is 2. The number of nitrogens with zero attached hydrogens (tertiary/aromatic N) is 2. The summed E-state index contributed by atoms with van der Waals surface area (Å²) in [6.45, 7) is 3.26. The Morgan fingerprint density at radius 1 is 0.900 bits per heavy atom. The van der Waals surface area contributed by atoms with E-state index in [1.54, 1.807) is 12.1 Å². The van der Waals surface area contributed by atoms with Gasteiger partial charge >= 0.3 is 0 Å². The fraction of sp³-hybridized carbons (Fsp3) is 0.355. The van der Waals surface area contributed by atoms with Crippen molar-refractivity contribution in [2.75, 3.05) is 31.2 Å². The van der Waals surface area contributed by atoms with Gasteiger partial charge in [0, 0.05) is 30.4 Å². The molecule has 40 heavy (non-hydrogen) atoms. The molecule has 0 unspecified atom stereocenters. The van der Waals surface area contributed by atoms with Gasteiger partial charge in [0.1, 0.15) is 6.04 Å². The van der Waals surface area contributed by atoms with Gasteiger partial charge in [0.25, 0.3) is 5.91 Å². The molecule has 3 aromatic carbocycles. The predicted octanol–water partition coefficient (Wildman–Crippen LogP) is 4.46. The van der Waals surface area contributed by atoms with Crippen molar-refractivity contribution in [2.45, 2.75) is 49.6 Å². The van der Waals surface area contributed by atoms with E-state index in [2.05, 4.69) is 5.32 Å². The van der Waals surface area contributed by atoms with Gasteiger partial charge in [-0.25, -0.2) is 8.42 Å². The van der Waals surface area contributed by atoms with E-state index >= 15 is 0 Å². The zero-order valence-corrected chi connectivity index (χ0v) is 23.5. The molecule has 0 spiro atoms. The summed E-state index contributed by atoms with van der Waals surface area (Å²) >= 11 is 0. The minimum absolute atomic E-state index is 0.0813. The van der Waals surface area contributed by atoms with Gasteiger partial charge in [-0.1, -0.05) is 60.9 Å². The second-order valence-corrected chi connectivity index (χ2v) is 12.3. The van der Waals surface area contributed by atoms with E-state index in [4.69, 9.17) is 4.74 Å². The monoisotopic (exact) mass is 561 g/mol. The van der Waals surface area contributed by atoms with Gasteiger partial charge < -0.3 is 10.1 Å². The van der Waals surface area contributed by atoms with E-state index < -0.39 is 22.0 Å². The van der Waals surface area contributed by atoms with E-state index in [0.717, 1.165) is 31.2 Å². The van der Waals surface area contributed by atoms with Crippen LogP contribution in [0.25, 0.3) is 0 Å². The Morgan fingerprint density at radius 3 is 2.15 bits per heavy atom. The van der Waals surface area contributed by atoms with Gasteiger partial charge in [-0.15, -0.1) is 0 Å². The number of hydrogen-bond acceptors (Lipinski definition) is 5. The van der Waals surface area contributed by atoms with Crippen LogP contribution in [-0.4, -0.2) is 56.9 Å². The van der Waals surface area contributed by atoms with Crippen LogP contribution in [0.2, 0.25) is 0 Å². The molecule has 0 bridgehead atoms. The standard InChI is InChI=1S/C31H35N3O5S/c1-23-11-13-24(14-12-23)29(30(35)32-26-7-5-6-8-26)34(27-9-3-2-4-10-27)31(36)25-15-17-28(18-16-25)40(37,38)33-19-21-39-22-20-33/h2-4,9-18,26,29H,5-8,19-22H2,1H3,(H,32,35)/t29-/m1/s1. The average Bonchev–Trinajstić information content (AvgIpc) is 3.50. The van der Waals surface area contributed by atoms with Crippen molar-refractivity contribution in [1.29, 1.82) is 0 Å². The number of aryl methyl sites for hydroxylation is 1. The SMILES string of the molecule is Cc1ccc([C@H](C(=O)NC2CCCC2)N(C(=O)c2ccc(S(=O)(=O)N3CCOCC3)cc2)c2ccccc2)cc1. The summed E-state index contributed by atoms with van der Waals surface area (Å²) in [6, 6.07) is 21.9. The molecule has 0 aromatic heterocycles. The van der Waals surface area contributed by atoms with Crippen molar-refractivity contribution in [3.05, 3.63) is 95.6 Å². The number of rotatable bonds is 8. The molecular formula is C31H35N3O5S. The first-order chi connectivity index (χ1) is 19.3. The molecular weight excluding hydrogens is 526 g/mol. The fourth-order valence-corrected chi connectivity index (χ4v) is 6.74. The topological polar surface area (TPSA) is 96.0 Å². The highest BCUT2D eigenvalue weighted by molar-refractivity contribution is 7.89. The van der Waals surface area contributed by atoms with Crippen LogP contribution in [0.4, 0.5) is 5.69 Å². The van der Waals surface area contributed by atoms with Crippen LogP contribution in [0.5, 0.6) is 0 Å². The largest absolute Gasteiger partial charge is 0.379 e. The lowest BCUT2D eigenvalue weighted by Crippen LogP contribution is -2.46. The van der Waals surface area contributed by atoms with Crippen molar-refractivity contribution in [2.24, 2.45) is 0 Å². The van der Waals surface area contributed by atoms with Gasteiger partial charge in [-0.3, -0.25) is 14.5 Å². The first kappa shape index (κ1) is 28.0. The smallest absolute Gasteiger partial charge is 0.259 e. The lowest BCUT2D eigenvalue weighted by atomic mass is 10.00. The zero-order chi connectivity index (χ0) is 28.1. The minimum Gasteiger partial charge on any atom is -0.379 e. The summed E-state index contributed by atoms with van der Waals surface area (Å²) in [7, 11) is -3.70. The molecule has 2 amide bonds. The van der Waals surface area contributed by atoms with Gasteiger partial charge in [0.15, 0.2) is 0 Å². The molecule has 5 rings (SSSR count). The van der Waals surface area contributed by atoms with Crippen LogP contribution in [0.3, 0.4) is 0 Å². The number of para-hydroxylation sites is 1. The van der Waals surface area contributed by atoms with E-state index in [1.807, 2.05) is 49.4 Å². The lowest BCUT2D eigenvalue weighted by molar-refractivity contribution is -0.123. The Balaban J connectivity index is 1.51. The first-order valence-electron chi connectivity index (χ1n) is 13.8. The van der Waals surface area contributed by atoms with Crippen LogP contribution in [0, 0.1) is 6.92 Å². The van der Waals surface area contributed by atoms with Gasteiger partial charge in [-0.05, 0) is 61.7 Å². The summed E-state index contributed by atoms with van der Waals surface area (Å²) in [4.78, 5) is 29.7. The molecule has 1 N–H and O–H groups in total. The van der Waals surface area contributed by atoms with Gasteiger partial charge in [0.2, 0.25) is 15.9 Å². The molecule has 1 atom stereocenters. The maximum atomic E-state index is 14.2. The van der Waals surface area contributed by atoms with Gasteiger partial charge in [-0.2, -0.15) is 4.31 Å². The molecule has 0 radical (unpaired) electrons. The quantitative estimate of drug-likeness (QED) is 0.438. The van der Waals surface area contributed by atoms with Crippen LogP contribution in [0.15, 0.2) is 83.8 Å². The number of anilines is 1. The van der Waals surface area contributed by atoms with Crippen molar-refractivity contribution in [1.82, 2.24) is 9.62 Å². The maximum Gasteiger partial charge on any atom is 0.259 e. The second-order valence-electron chi connectivity index (χ2n) is 10.4. The normalized spacial score (nSPS) is 17.3. The number of benzene rings is 3. The van der Waals surface area contributed by atoms with Crippen molar-refractivity contribution in [3.8, 4) is 0 Å². The number of hydrogen-bond donors (Lipinski definition) is 1. The fourth-order valence-electron chi connectivity index (χ4n) is 5.33.